The highest BCUT2D eigenvalue weighted by Gasteiger charge is 2.26. The molecule has 0 atom stereocenters. The summed E-state index contributed by atoms with van der Waals surface area (Å²) in [5.41, 5.74) is 0.0967. The van der Waals surface area contributed by atoms with Gasteiger partial charge >= 0.3 is 0 Å². The van der Waals surface area contributed by atoms with Gasteiger partial charge in [-0.1, -0.05) is 18.5 Å². The summed E-state index contributed by atoms with van der Waals surface area (Å²) in [5, 5.41) is 3.24. The van der Waals surface area contributed by atoms with Crippen LogP contribution in [0.4, 0.5) is 0 Å². The van der Waals surface area contributed by atoms with E-state index in [0.29, 0.717) is 6.54 Å². The molecule has 0 fully saturated rings. The van der Waals surface area contributed by atoms with Gasteiger partial charge < -0.3 is 15.0 Å². The largest absolute Gasteiger partial charge is 0.494 e. The van der Waals surface area contributed by atoms with Crippen molar-refractivity contribution in [3.05, 3.63) is 22.7 Å². The van der Waals surface area contributed by atoms with E-state index in [9.17, 15) is 13.2 Å². The highest BCUT2D eigenvalue weighted by Crippen LogP contribution is 2.32. The van der Waals surface area contributed by atoms with Gasteiger partial charge in [0.05, 0.1) is 12.7 Å². The summed E-state index contributed by atoms with van der Waals surface area (Å²) in [4.78, 5) is 13.4. The average Bonchev–Trinajstić information content (AvgIpc) is 2.52. The molecule has 1 aromatic rings. The van der Waals surface area contributed by atoms with E-state index >= 15 is 0 Å². The second-order valence-electron chi connectivity index (χ2n) is 5.33. The van der Waals surface area contributed by atoms with Crippen LogP contribution in [0.1, 0.15) is 23.7 Å². The summed E-state index contributed by atoms with van der Waals surface area (Å²) in [7, 11) is 0.580. The predicted octanol–water partition coefficient (Wildman–Crippen LogP) is 1.33. The molecular weight excluding hydrogens is 354 g/mol. The number of nitrogens with zero attached hydrogens (tertiary/aromatic N) is 1. The quantitative estimate of drug-likeness (QED) is 0.634. The Morgan fingerprint density at radius 2 is 1.92 bits per heavy atom. The molecule has 1 aromatic carbocycles. The lowest BCUT2D eigenvalue weighted by Gasteiger charge is -2.17. The number of methoxy groups -OCH3 is 1. The zero-order valence-corrected chi connectivity index (χ0v) is 15.9. The van der Waals surface area contributed by atoms with Crippen molar-refractivity contribution < 1.29 is 17.9 Å². The van der Waals surface area contributed by atoms with E-state index in [4.69, 9.17) is 16.3 Å². The molecular formula is C15H24ClN3O4S. The molecule has 0 heterocycles. The maximum atomic E-state index is 12.5. The Morgan fingerprint density at radius 3 is 2.46 bits per heavy atom. The molecule has 1 rings (SSSR count). The number of carbonyl (C=O) groups is 1. The molecule has 9 heteroatoms. The SMILES string of the molecule is CCCNCCNS(=O)(=O)c1cc(Cl)cc(C(=O)N(C)C)c1OC. The second kappa shape index (κ2) is 9.22. The van der Waals surface area contributed by atoms with Gasteiger partial charge in [0.15, 0.2) is 5.75 Å². The monoisotopic (exact) mass is 377 g/mol. The minimum atomic E-state index is -3.86. The maximum absolute atomic E-state index is 12.5. The third-order valence-corrected chi connectivity index (χ3v) is 4.86. The van der Waals surface area contributed by atoms with Gasteiger partial charge in [0.2, 0.25) is 10.0 Å². The third kappa shape index (κ3) is 5.34. The molecule has 0 aliphatic carbocycles. The number of halogens is 1. The van der Waals surface area contributed by atoms with Crippen LogP contribution < -0.4 is 14.8 Å². The number of ether oxygens (including phenoxy) is 1. The Morgan fingerprint density at radius 1 is 1.25 bits per heavy atom. The van der Waals surface area contributed by atoms with E-state index in [1.165, 1.54) is 24.1 Å². The molecule has 0 unspecified atom stereocenters. The van der Waals surface area contributed by atoms with Crippen LogP contribution in [0, 0.1) is 0 Å². The van der Waals surface area contributed by atoms with Crippen LogP contribution in [0.15, 0.2) is 17.0 Å². The zero-order chi connectivity index (χ0) is 18.3. The lowest BCUT2D eigenvalue weighted by Crippen LogP contribution is -2.32. The smallest absolute Gasteiger partial charge is 0.257 e. The Bertz CT molecular complexity index is 678. The van der Waals surface area contributed by atoms with Crippen molar-refractivity contribution in [2.75, 3.05) is 40.8 Å². The number of carbonyl (C=O) groups excluding carboxylic acids is 1. The molecule has 0 bridgehead atoms. The van der Waals surface area contributed by atoms with Crippen molar-refractivity contribution in [1.29, 1.82) is 0 Å². The Hall–Kier alpha value is -1.35. The number of benzene rings is 1. The Labute approximate surface area is 148 Å². The van der Waals surface area contributed by atoms with E-state index in [1.807, 2.05) is 6.92 Å². The molecule has 0 radical (unpaired) electrons. The van der Waals surface area contributed by atoms with Crippen LogP contribution in [0.2, 0.25) is 5.02 Å². The minimum absolute atomic E-state index is 0.0212. The summed E-state index contributed by atoms with van der Waals surface area (Å²) >= 11 is 6.01. The summed E-state index contributed by atoms with van der Waals surface area (Å²) in [6, 6.07) is 2.67. The molecule has 0 aliphatic rings. The first kappa shape index (κ1) is 20.7. The van der Waals surface area contributed by atoms with Crippen LogP contribution in [0.3, 0.4) is 0 Å². The first-order chi connectivity index (χ1) is 11.2. The molecule has 24 heavy (non-hydrogen) atoms. The molecule has 0 aromatic heterocycles. The van der Waals surface area contributed by atoms with Gasteiger partial charge in [0.1, 0.15) is 4.90 Å². The normalized spacial score (nSPS) is 11.4. The first-order valence-electron chi connectivity index (χ1n) is 7.54. The molecule has 0 aliphatic heterocycles. The lowest BCUT2D eigenvalue weighted by molar-refractivity contribution is 0.0824. The molecule has 0 saturated carbocycles. The van der Waals surface area contributed by atoms with Gasteiger partial charge in [-0.15, -0.1) is 0 Å². The number of rotatable bonds is 9. The molecule has 136 valence electrons. The molecule has 0 spiro atoms. The number of hydrogen-bond acceptors (Lipinski definition) is 5. The van der Waals surface area contributed by atoms with Crippen molar-refractivity contribution in [2.45, 2.75) is 18.2 Å². The summed E-state index contributed by atoms with van der Waals surface area (Å²) in [5.74, 6) is -0.414. The maximum Gasteiger partial charge on any atom is 0.257 e. The predicted molar refractivity (Wildman–Crippen MR) is 94.4 cm³/mol. The van der Waals surface area contributed by atoms with Gasteiger partial charge in [-0.05, 0) is 25.1 Å². The summed E-state index contributed by atoms with van der Waals surface area (Å²) < 4.78 is 32.7. The number of nitrogens with one attached hydrogen (secondary N) is 2. The Balaban J connectivity index is 3.15. The number of hydrogen-bond donors (Lipinski definition) is 2. The van der Waals surface area contributed by atoms with E-state index in [0.717, 1.165) is 13.0 Å². The van der Waals surface area contributed by atoms with Gasteiger partial charge in [-0.2, -0.15) is 0 Å². The van der Waals surface area contributed by atoms with Crippen molar-refractivity contribution in [3.63, 3.8) is 0 Å². The van der Waals surface area contributed by atoms with Gasteiger partial charge in [0, 0.05) is 32.2 Å². The average molecular weight is 378 g/mol. The second-order valence-corrected chi connectivity index (χ2v) is 7.50. The van der Waals surface area contributed by atoms with E-state index in [-0.39, 0.29) is 27.8 Å². The summed E-state index contributed by atoms with van der Waals surface area (Å²) in [6.45, 7) is 3.55. The third-order valence-electron chi connectivity index (χ3n) is 3.17. The van der Waals surface area contributed by atoms with Crippen LogP contribution >= 0.6 is 11.6 Å². The number of amides is 1. The van der Waals surface area contributed by atoms with Crippen LogP contribution in [-0.4, -0.2) is 60.1 Å². The van der Waals surface area contributed by atoms with Crippen molar-refractivity contribution >= 4 is 27.5 Å². The Kier molecular flexibility index (Phi) is 7.95. The number of sulfonamides is 1. The summed E-state index contributed by atoms with van der Waals surface area (Å²) in [6.07, 6.45) is 0.963. The fourth-order valence-corrected chi connectivity index (χ4v) is 3.56. The van der Waals surface area contributed by atoms with E-state index in [1.54, 1.807) is 14.1 Å². The highest BCUT2D eigenvalue weighted by atomic mass is 35.5. The fraction of sp³-hybridized carbons (Fsp3) is 0.533. The topological polar surface area (TPSA) is 87.7 Å². The van der Waals surface area contributed by atoms with Crippen LogP contribution in [0.5, 0.6) is 5.75 Å². The fourth-order valence-electron chi connectivity index (χ4n) is 2.03. The first-order valence-corrected chi connectivity index (χ1v) is 9.40. The molecule has 0 saturated heterocycles. The van der Waals surface area contributed by atoms with Crippen LogP contribution in [0.25, 0.3) is 0 Å². The van der Waals surface area contributed by atoms with E-state index < -0.39 is 15.9 Å². The molecule has 7 nitrogen and oxygen atoms in total. The zero-order valence-electron chi connectivity index (χ0n) is 14.3. The van der Waals surface area contributed by atoms with Crippen LogP contribution in [-0.2, 0) is 10.0 Å². The molecule has 1 amide bonds. The highest BCUT2D eigenvalue weighted by molar-refractivity contribution is 7.89. The van der Waals surface area contributed by atoms with Crippen molar-refractivity contribution in [2.24, 2.45) is 0 Å². The van der Waals surface area contributed by atoms with Gasteiger partial charge in [0.25, 0.3) is 5.91 Å². The van der Waals surface area contributed by atoms with Crippen molar-refractivity contribution in [3.8, 4) is 5.75 Å². The van der Waals surface area contributed by atoms with Gasteiger partial charge in [-0.25, -0.2) is 13.1 Å². The molecule has 2 N–H and O–H groups in total. The van der Waals surface area contributed by atoms with E-state index in [2.05, 4.69) is 10.0 Å². The van der Waals surface area contributed by atoms with Gasteiger partial charge in [-0.3, -0.25) is 4.79 Å². The lowest BCUT2D eigenvalue weighted by atomic mass is 10.2. The van der Waals surface area contributed by atoms with Crippen molar-refractivity contribution in [1.82, 2.24) is 14.9 Å². The standard InChI is InChI=1S/C15H24ClN3O4S/c1-5-6-17-7-8-18-24(21,22)13-10-11(16)9-12(14(13)23-4)15(20)19(2)3/h9-10,17-18H,5-8H2,1-4H3. The minimum Gasteiger partial charge on any atom is -0.494 e.